The monoisotopic (exact) mass is 739 g/mol. The van der Waals surface area contributed by atoms with Gasteiger partial charge in [-0.2, -0.15) is 0 Å². The summed E-state index contributed by atoms with van der Waals surface area (Å²) in [6.45, 7) is 5.31. The van der Waals surface area contributed by atoms with Crippen LogP contribution in [0.1, 0.15) is 181 Å². The zero-order valence-corrected chi connectivity index (χ0v) is 33.6. The molecule has 0 aromatic carbocycles. The van der Waals surface area contributed by atoms with Crippen molar-refractivity contribution >= 4 is 19.8 Å². The largest absolute Gasteiger partial charge is 0.472 e. The number of carbonyl (C=O) groups is 2. The number of phosphoric ester groups is 1. The van der Waals surface area contributed by atoms with Gasteiger partial charge in [0.25, 0.3) is 0 Å². The van der Waals surface area contributed by atoms with Gasteiger partial charge in [0.15, 0.2) is 6.10 Å². The Morgan fingerprint density at radius 2 is 1.00 bits per heavy atom. The SMILES string of the molecule is CC/C=C\C/C=C\C/C=C\C/C=C\CCCCC(=O)OC(COC(=O)CCCCCCCCCCCCCCCCCC)COP(=O)(O)OCC. The first kappa shape index (κ1) is 49.0. The molecule has 0 fully saturated rings. The molecule has 1 N–H and O–H groups in total. The molecule has 2 atom stereocenters. The summed E-state index contributed by atoms with van der Waals surface area (Å²) in [6, 6.07) is 0. The van der Waals surface area contributed by atoms with E-state index in [9.17, 15) is 19.0 Å². The summed E-state index contributed by atoms with van der Waals surface area (Å²) in [6.07, 6.45) is 43.1. The molecule has 0 aromatic heterocycles. The minimum Gasteiger partial charge on any atom is -0.462 e. The molecule has 0 amide bonds. The van der Waals surface area contributed by atoms with Crippen LogP contribution >= 0.6 is 7.82 Å². The molecule has 0 bridgehead atoms. The third-order valence-electron chi connectivity index (χ3n) is 8.40. The Labute approximate surface area is 312 Å². The van der Waals surface area contributed by atoms with Gasteiger partial charge in [-0.15, -0.1) is 0 Å². The van der Waals surface area contributed by atoms with Crippen LogP contribution in [-0.4, -0.2) is 42.8 Å². The van der Waals surface area contributed by atoms with E-state index in [1.165, 1.54) is 83.5 Å². The molecular weight excluding hydrogens is 663 g/mol. The van der Waals surface area contributed by atoms with Crippen molar-refractivity contribution < 1.29 is 37.6 Å². The van der Waals surface area contributed by atoms with Crippen LogP contribution in [0.15, 0.2) is 48.6 Å². The van der Waals surface area contributed by atoms with Crippen LogP contribution in [0.2, 0.25) is 0 Å². The number of hydrogen-bond acceptors (Lipinski definition) is 7. The maximum absolute atomic E-state index is 12.5. The van der Waals surface area contributed by atoms with E-state index in [-0.39, 0.29) is 32.0 Å². The van der Waals surface area contributed by atoms with Crippen LogP contribution in [0.3, 0.4) is 0 Å². The predicted molar refractivity (Wildman–Crippen MR) is 212 cm³/mol. The predicted octanol–water partition coefficient (Wildman–Crippen LogP) is 12.6. The first-order chi connectivity index (χ1) is 24.8. The second-order valence-corrected chi connectivity index (χ2v) is 14.7. The number of carbonyl (C=O) groups excluding carboxylic acids is 2. The van der Waals surface area contributed by atoms with E-state index in [0.717, 1.165) is 57.8 Å². The highest BCUT2D eigenvalue weighted by Gasteiger charge is 2.25. The Morgan fingerprint density at radius 1 is 0.549 bits per heavy atom. The molecular formula is C42H75O8P. The van der Waals surface area contributed by atoms with E-state index in [4.69, 9.17) is 18.5 Å². The Morgan fingerprint density at radius 3 is 1.51 bits per heavy atom. The van der Waals surface area contributed by atoms with Crippen LogP contribution in [0.4, 0.5) is 0 Å². The van der Waals surface area contributed by atoms with Crippen molar-refractivity contribution in [1.29, 1.82) is 0 Å². The lowest BCUT2D eigenvalue weighted by Gasteiger charge is -2.19. The molecule has 0 spiro atoms. The number of rotatable bonds is 37. The van der Waals surface area contributed by atoms with Gasteiger partial charge < -0.3 is 14.4 Å². The number of phosphoric acid groups is 1. The normalized spacial score (nSPS) is 13.9. The second kappa shape index (κ2) is 37.8. The van der Waals surface area contributed by atoms with Gasteiger partial charge in [-0.05, 0) is 58.3 Å². The highest BCUT2D eigenvalue weighted by atomic mass is 31.2. The van der Waals surface area contributed by atoms with Crippen molar-refractivity contribution in [3.63, 3.8) is 0 Å². The first-order valence-electron chi connectivity index (χ1n) is 20.4. The summed E-state index contributed by atoms with van der Waals surface area (Å²) in [5.74, 6) is -0.844. The number of allylic oxidation sites excluding steroid dienone is 8. The minimum absolute atomic E-state index is 0.00813. The quantitative estimate of drug-likeness (QED) is 0.0290. The third kappa shape index (κ3) is 37.6. The average Bonchev–Trinajstić information content (AvgIpc) is 3.10. The lowest BCUT2D eigenvalue weighted by Crippen LogP contribution is -2.29. The lowest BCUT2D eigenvalue weighted by atomic mass is 10.0. The maximum Gasteiger partial charge on any atom is 0.472 e. The smallest absolute Gasteiger partial charge is 0.462 e. The summed E-state index contributed by atoms with van der Waals surface area (Å²) < 4.78 is 32.5. The van der Waals surface area contributed by atoms with E-state index in [0.29, 0.717) is 6.42 Å². The standard InChI is InChI=1S/C42H75O8P/c1-4-7-9-11-13-15-17-19-21-23-24-26-28-30-32-34-36-41(43)47-38-40(39-49-51(45,46)48-6-3)50-42(44)37-35-33-31-29-27-25-22-20-18-16-14-12-10-8-5-2/h8,10,14,16,20,22,27,29,40H,4-7,9,11-13,15,17-19,21,23-26,28,30-39H2,1-3H3,(H,45,46)/b10-8-,16-14-,22-20-,29-27-. The fourth-order valence-electron chi connectivity index (χ4n) is 5.44. The second-order valence-electron chi connectivity index (χ2n) is 13.3. The van der Waals surface area contributed by atoms with Crippen molar-refractivity contribution in [3.8, 4) is 0 Å². The summed E-state index contributed by atoms with van der Waals surface area (Å²) in [7, 11) is -4.29. The number of hydrogen-bond donors (Lipinski definition) is 1. The van der Waals surface area contributed by atoms with E-state index < -0.39 is 26.5 Å². The topological polar surface area (TPSA) is 108 Å². The molecule has 0 aliphatic rings. The molecule has 0 rings (SSSR count). The molecule has 0 radical (unpaired) electrons. The molecule has 51 heavy (non-hydrogen) atoms. The molecule has 8 nitrogen and oxygen atoms in total. The first-order valence-corrected chi connectivity index (χ1v) is 21.9. The zero-order chi connectivity index (χ0) is 37.5. The van der Waals surface area contributed by atoms with Crippen molar-refractivity contribution in [2.24, 2.45) is 0 Å². The van der Waals surface area contributed by atoms with Crippen molar-refractivity contribution in [2.75, 3.05) is 19.8 Å². The summed E-state index contributed by atoms with van der Waals surface area (Å²) >= 11 is 0. The van der Waals surface area contributed by atoms with Gasteiger partial charge >= 0.3 is 19.8 Å². The summed E-state index contributed by atoms with van der Waals surface area (Å²) in [5.41, 5.74) is 0. The fraction of sp³-hybridized carbons (Fsp3) is 0.762. The van der Waals surface area contributed by atoms with Gasteiger partial charge in [0.2, 0.25) is 0 Å². The van der Waals surface area contributed by atoms with Gasteiger partial charge in [0.05, 0.1) is 13.2 Å². The summed E-state index contributed by atoms with van der Waals surface area (Å²) in [5, 5.41) is 0. The van der Waals surface area contributed by atoms with Crippen LogP contribution in [0.5, 0.6) is 0 Å². The van der Waals surface area contributed by atoms with Gasteiger partial charge in [-0.3, -0.25) is 18.6 Å². The van der Waals surface area contributed by atoms with Crippen LogP contribution in [0.25, 0.3) is 0 Å². The highest BCUT2D eigenvalue weighted by Crippen LogP contribution is 2.43. The molecule has 0 aliphatic heterocycles. The van der Waals surface area contributed by atoms with Crippen molar-refractivity contribution in [1.82, 2.24) is 0 Å². The zero-order valence-electron chi connectivity index (χ0n) is 32.7. The number of ether oxygens (including phenoxy) is 2. The Hall–Kier alpha value is -1.99. The molecule has 0 heterocycles. The van der Waals surface area contributed by atoms with Crippen LogP contribution < -0.4 is 0 Å². The van der Waals surface area contributed by atoms with Crippen molar-refractivity contribution in [2.45, 2.75) is 187 Å². The molecule has 296 valence electrons. The van der Waals surface area contributed by atoms with Crippen molar-refractivity contribution in [3.05, 3.63) is 48.6 Å². The van der Waals surface area contributed by atoms with Crippen LogP contribution in [0, 0.1) is 0 Å². The highest BCUT2D eigenvalue weighted by molar-refractivity contribution is 7.47. The maximum atomic E-state index is 12.5. The molecule has 0 aromatic rings. The lowest BCUT2D eigenvalue weighted by molar-refractivity contribution is -0.161. The van der Waals surface area contributed by atoms with Crippen LogP contribution in [-0.2, 0) is 32.7 Å². The van der Waals surface area contributed by atoms with Gasteiger partial charge in [0.1, 0.15) is 6.61 Å². The number of unbranched alkanes of at least 4 members (excludes halogenated alkanes) is 17. The third-order valence-corrected chi connectivity index (χ3v) is 9.46. The van der Waals surface area contributed by atoms with E-state index in [2.05, 4.69) is 62.5 Å². The Bertz CT molecular complexity index is 974. The Balaban J connectivity index is 4.17. The minimum atomic E-state index is -4.29. The molecule has 0 aliphatic carbocycles. The Kier molecular flexibility index (Phi) is 36.3. The van der Waals surface area contributed by atoms with E-state index >= 15 is 0 Å². The number of esters is 2. The molecule has 0 saturated carbocycles. The fourth-order valence-corrected chi connectivity index (χ4v) is 6.20. The van der Waals surface area contributed by atoms with E-state index in [1.807, 2.05) is 0 Å². The van der Waals surface area contributed by atoms with Gasteiger partial charge in [0, 0.05) is 12.8 Å². The molecule has 0 saturated heterocycles. The van der Waals surface area contributed by atoms with Gasteiger partial charge in [-0.25, -0.2) is 4.57 Å². The molecule has 9 heteroatoms. The van der Waals surface area contributed by atoms with Gasteiger partial charge in [-0.1, -0.05) is 159 Å². The molecule has 2 unspecified atom stereocenters. The van der Waals surface area contributed by atoms with E-state index in [1.54, 1.807) is 6.92 Å². The summed E-state index contributed by atoms with van der Waals surface area (Å²) in [4.78, 5) is 34.7. The average molecular weight is 739 g/mol.